The Hall–Kier alpha value is -3.05. The molecule has 25 heavy (non-hydrogen) atoms. The monoisotopic (exact) mass is 345 g/mol. The van der Waals surface area contributed by atoms with Gasteiger partial charge in [-0.15, -0.1) is 0 Å². The molecule has 0 radical (unpaired) electrons. The van der Waals surface area contributed by atoms with E-state index in [-0.39, 0.29) is 5.91 Å². The molecule has 0 aliphatic rings. The summed E-state index contributed by atoms with van der Waals surface area (Å²) in [5.41, 5.74) is 3.10. The molecule has 0 saturated carbocycles. The second kappa shape index (κ2) is 6.45. The van der Waals surface area contributed by atoms with Crippen LogP contribution in [0.25, 0.3) is 10.2 Å². The Balaban J connectivity index is 1.89. The highest BCUT2D eigenvalue weighted by molar-refractivity contribution is 7.22. The molecule has 0 fully saturated rings. The van der Waals surface area contributed by atoms with E-state index in [1.165, 1.54) is 11.3 Å². The van der Waals surface area contributed by atoms with Crippen molar-refractivity contribution in [3.8, 4) is 0 Å². The van der Waals surface area contributed by atoms with E-state index >= 15 is 0 Å². The lowest BCUT2D eigenvalue weighted by Crippen LogP contribution is -2.27. The number of hydrogen-bond acceptors (Lipinski definition) is 4. The number of amides is 1. The minimum atomic E-state index is -0.186. The van der Waals surface area contributed by atoms with Crippen molar-refractivity contribution in [1.82, 2.24) is 9.97 Å². The first kappa shape index (κ1) is 15.5. The highest BCUT2D eigenvalue weighted by Crippen LogP contribution is 2.35. The third-order valence-electron chi connectivity index (χ3n) is 3.92. The summed E-state index contributed by atoms with van der Waals surface area (Å²) in [6.45, 7) is 1.99. The highest BCUT2D eigenvalue weighted by atomic mass is 32.1. The van der Waals surface area contributed by atoms with Gasteiger partial charge in [-0.05, 0) is 42.8 Å². The van der Waals surface area contributed by atoms with Gasteiger partial charge < -0.3 is 0 Å². The number of anilines is 2. The molecule has 122 valence electrons. The molecule has 1 amide bonds. The molecule has 2 aromatic carbocycles. The first-order chi connectivity index (χ1) is 12.2. The molecule has 0 aliphatic heterocycles. The summed E-state index contributed by atoms with van der Waals surface area (Å²) in [6.07, 6.45) is 1.63. The zero-order valence-corrected chi connectivity index (χ0v) is 14.4. The molecular formula is C20H15N3OS. The van der Waals surface area contributed by atoms with Crippen molar-refractivity contribution in [3.05, 3.63) is 84.2 Å². The molecule has 0 N–H and O–H groups in total. The van der Waals surface area contributed by atoms with E-state index in [1.807, 2.05) is 61.5 Å². The minimum Gasteiger partial charge on any atom is -0.266 e. The van der Waals surface area contributed by atoms with E-state index in [0.29, 0.717) is 10.8 Å². The SMILES string of the molecule is Cc1ccccc1N(C(=O)c1ccccn1)c1nc2ccccc2s1. The van der Waals surface area contributed by atoms with Gasteiger partial charge in [-0.3, -0.25) is 14.7 Å². The van der Waals surface area contributed by atoms with E-state index < -0.39 is 0 Å². The normalized spacial score (nSPS) is 10.8. The third kappa shape index (κ3) is 2.90. The lowest BCUT2D eigenvalue weighted by molar-refractivity contribution is 0.0994. The second-order valence-corrected chi connectivity index (χ2v) is 6.62. The Bertz CT molecular complexity index is 1010. The number of aryl methyl sites for hydroxylation is 1. The summed E-state index contributed by atoms with van der Waals surface area (Å²) >= 11 is 1.50. The lowest BCUT2D eigenvalue weighted by atomic mass is 10.1. The Morgan fingerprint density at radius 2 is 1.72 bits per heavy atom. The number of aromatic nitrogens is 2. The van der Waals surface area contributed by atoms with E-state index in [4.69, 9.17) is 0 Å². The molecule has 4 aromatic rings. The van der Waals surface area contributed by atoms with Crippen molar-refractivity contribution in [3.63, 3.8) is 0 Å². The molecule has 0 bridgehead atoms. The summed E-state index contributed by atoms with van der Waals surface area (Å²) < 4.78 is 1.05. The van der Waals surface area contributed by atoms with Gasteiger partial charge in [-0.2, -0.15) is 0 Å². The van der Waals surface area contributed by atoms with Gasteiger partial charge in [0, 0.05) is 6.20 Å². The van der Waals surface area contributed by atoms with E-state index in [2.05, 4.69) is 9.97 Å². The molecule has 0 unspecified atom stereocenters. The van der Waals surface area contributed by atoms with Crippen LogP contribution in [0.5, 0.6) is 0 Å². The van der Waals surface area contributed by atoms with Crippen molar-refractivity contribution in [2.45, 2.75) is 6.92 Å². The van der Waals surface area contributed by atoms with Gasteiger partial charge in [0.1, 0.15) is 5.69 Å². The average Bonchev–Trinajstić information content (AvgIpc) is 3.08. The van der Waals surface area contributed by atoms with Gasteiger partial charge in [0.25, 0.3) is 5.91 Å². The number of carbonyl (C=O) groups is 1. The van der Waals surface area contributed by atoms with Crippen molar-refractivity contribution in [2.75, 3.05) is 4.90 Å². The van der Waals surface area contributed by atoms with Crippen LogP contribution in [-0.2, 0) is 0 Å². The number of carbonyl (C=O) groups excluding carboxylic acids is 1. The van der Waals surface area contributed by atoms with Crippen LogP contribution < -0.4 is 4.90 Å². The summed E-state index contributed by atoms with van der Waals surface area (Å²) in [7, 11) is 0. The Kier molecular flexibility index (Phi) is 3.99. The summed E-state index contributed by atoms with van der Waals surface area (Å²) in [5.74, 6) is -0.186. The molecule has 5 heteroatoms. The fraction of sp³-hybridized carbons (Fsp3) is 0.0500. The minimum absolute atomic E-state index is 0.186. The van der Waals surface area contributed by atoms with Crippen molar-refractivity contribution < 1.29 is 4.79 Å². The zero-order valence-electron chi connectivity index (χ0n) is 13.6. The summed E-state index contributed by atoms with van der Waals surface area (Å²) in [6, 6.07) is 21.0. The maximum absolute atomic E-state index is 13.2. The van der Waals surface area contributed by atoms with Crippen LogP contribution in [0.1, 0.15) is 16.1 Å². The predicted octanol–water partition coefficient (Wildman–Crippen LogP) is 4.98. The lowest BCUT2D eigenvalue weighted by Gasteiger charge is -2.21. The summed E-state index contributed by atoms with van der Waals surface area (Å²) in [4.78, 5) is 23.8. The number of thiazole rings is 1. The Labute approximate surface area is 149 Å². The molecule has 4 rings (SSSR count). The number of pyridine rings is 1. The zero-order chi connectivity index (χ0) is 17.2. The smallest absolute Gasteiger partial charge is 0.266 e. The van der Waals surface area contributed by atoms with Crippen molar-refractivity contribution in [2.24, 2.45) is 0 Å². The fourth-order valence-electron chi connectivity index (χ4n) is 2.67. The van der Waals surface area contributed by atoms with Gasteiger partial charge in [0.2, 0.25) is 0 Å². The number of nitrogens with zero attached hydrogens (tertiary/aromatic N) is 3. The molecule has 0 atom stereocenters. The van der Waals surface area contributed by atoms with Crippen LogP contribution in [0.3, 0.4) is 0 Å². The maximum Gasteiger partial charge on any atom is 0.283 e. The number of benzene rings is 2. The molecular weight excluding hydrogens is 330 g/mol. The van der Waals surface area contributed by atoms with Crippen LogP contribution in [0.15, 0.2) is 72.9 Å². The number of para-hydroxylation sites is 2. The number of fused-ring (bicyclic) bond motifs is 1. The summed E-state index contributed by atoms with van der Waals surface area (Å²) in [5, 5.41) is 0.645. The largest absolute Gasteiger partial charge is 0.283 e. The maximum atomic E-state index is 13.2. The van der Waals surface area contributed by atoms with Gasteiger partial charge in [-0.1, -0.05) is 47.7 Å². The molecule has 0 aliphatic carbocycles. The first-order valence-corrected chi connectivity index (χ1v) is 8.72. The van der Waals surface area contributed by atoms with E-state index in [1.54, 1.807) is 23.2 Å². The van der Waals surface area contributed by atoms with Gasteiger partial charge in [-0.25, -0.2) is 4.98 Å². The van der Waals surface area contributed by atoms with Crippen LogP contribution in [0.4, 0.5) is 10.8 Å². The molecule has 2 heterocycles. The Morgan fingerprint density at radius 1 is 0.960 bits per heavy atom. The quantitative estimate of drug-likeness (QED) is 0.526. The third-order valence-corrected chi connectivity index (χ3v) is 4.94. The molecule has 0 spiro atoms. The van der Waals surface area contributed by atoms with E-state index in [9.17, 15) is 4.79 Å². The first-order valence-electron chi connectivity index (χ1n) is 7.91. The van der Waals surface area contributed by atoms with Gasteiger partial charge in [0.05, 0.1) is 15.9 Å². The molecule has 0 saturated heterocycles. The van der Waals surface area contributed by atoms with E-state index in [0.717, 1.165) is 21.5 Å². The van der Waals surface area contributed by atoms with Crippen LogP contribution >= 0.6 is 11.3 Å². The molecule has 4 nitrogen and oxygen atoms in total. The number of rotatable bonds is 3. The van der Waals surface area contributed by atoms with Crippen LogP contribution in [0, 0.1) is 6.92 Å². The van der Waals surface area contributed by atoms with Crippen LogP contribution in [-0.4, -0.2) is 15.9 Å². The highest BCUT2D eigenvalue weighted by Gasteiger charge is 2.25. The average molecular weight is 345 g/mol. The molecule has 2 aromatic heterocycles. The standard InChI is InChI=1S/C20H15N3OS/c1-14-8-2-4-11-17(14)23(19(24)16-10-6-7-13-21-16)20-22-15-9-3-5-12-18(15)25-20/h2-13H,1H3. The number of hydrogen-bond donors (Lipinski definition) is 0. The second-order valence-electron chi connectivity index (χ2n) is 5.61. The Morgan fingerprint density at radius 3 is 2.48 bits per heavy atom. The predicted molar refractivity (Wildman–Crippen MR) is 102 cm³/mol. The topological polar surface area (TPSA) is 46.1 Å². The fourth-order valence-corrected chi connectivity index (χ4v) is 3.65. The van der Waals surface area contributed by atoms with Gasteiger partial charge in [0.15, 0.2) is 5.13 Å². The van der Waals surface area contributed by atoms with Gasteiger partial charge >= 0.3 is 0 Å². The van der Waals surface area contributed by atoms with Crippen molar-refractivity contribution >= 4 is 38.3 Å². The van der Waals surface area contributed by atoms with Crippen molar-refractivity contribution in [1.29, 1.82) is 0 Å². The van der Waals surface area contributed by atoms with Crippen LogP contribution in [0.2, 0.25) is 0 Å².